The number of aromatic amines is 2. The van der Waals surface area contributed by atoms with Crippen molar-refractivity contribution >= 4 is 23.4 Å². The summed E-state index contributed by atoms with van der Waals surface area (Å²) in [6.45, 7) is 0. The van der Waals surface area contributed by atoms with Crippen LogP contribution in [0.2, 0.25) is 0 Å². The average molecular weight is 418 g/mol. The normalized spacial score (nSPS) is 15.9. The molecule has 3 aromatic heterocycles. The van der Waals surface area contributed by atoms with Crippen LogP contribution in [0.25, 0.3) is 11.7 Å². The molecule has 3 heterocycles. The quantitative estimate of drug-likeness (QED) is 0.454. The number of fused-ring (bicyclic) bond motifs is 1. The van der Waals surface area contributed by atoms with Crippen LogP contribution in [-0.4, -0.2) is 47.7 Å². The summed E-state index contributed by atoms with van der Waals surface area (Å²) in [5, 5.41) is 15.0. The second-order valence-corrected chi connectivity index (χ2v) is 7.61. The summed E-state index contributed by atoms with van der Waals surface area (Å²) < 4.78 is 1.63. The summed E-state index contributed by atoms with van der Waals surface area (Å²) in [6.07, 6.45) is 7.65. The number of hydrogen-bond donors (Lipinski definition) is 3. The molecule has 0 saturated heterocycles. The number of benzene rings is 1. The number of anilines is 2. The largest absolute Gasteiger partial charge is 0.493 e. The van der Waals surface area contributed by atoms with E-state index in [-0.39, 0.29) is 17.6 Å². The molecule has 10 nitrogen and oxygen atoms in total. The van der Waals surface area contributed by atoms with Gasteiger partial charge in [0.2, 0.25) is 17.4 Å². The molecule has 0 amide bonds. The van der Waals surface area contributed by atoms with Gasteiger partial charge in [-0.15, -0.1) is 0 Å². The Morgan fingerprint density at radius 2 is 1.97 bits per heavy atom. The van der Waals surface area contributed by atoms with E-state index in [1.54, 1.807) is 16.8 Å². The zero-order valence-corrected chi connectivity index (χ0v) is 17.0. The minimum atomic E-state index is -0.490. The lowest BCUT2D eigenvalue weighted by Crippen LogP contribution is -2.26. The predicted octanol–water partition coefficient (Wildman–Crippen LogP) is 1.01. The Hall–Kier alpha value is -3.95. The van der Waals surface area contributed by atoms with Crippen molar-refractivity contribution in [3.05, 3.63) is 63.5 Å². The second-order valence-electron chi connectivity index (χ2n) is 7.61. The van der Waals surface area contributed by atoms with E-state index in [0.29, 0.717) is 22.4 Å². The summed E-state index contributed by atoms with van der Waals surface area (Å²) in [7, 11) is 1.91. The molecule has 1 aromatic carbocycles. The Morgan fingerprint density at radius 1 is 1.19 bits per heavy atom. The van der Waals surface area contributed by atoms with E-state index in [1.807, 2.05) is 42.3 Å². The third-order valence-corrected chi connectivity index (χ3v) is 5.47. The standard InChI is InChI=1S/C21H22N8O2/c1-28(15-9-3-2-4-10-15)21-27-19(23-14-7-5-6-8-14)25-17-13(12-22-29(17)21)11-16-18(30)26-20(31)24-16/h2-4,9-12,14,30H,5-8H2,1H3,(H2,24,26,31). The van der Waals surface area contributed by atoms with E-state index in [4.69, 9.17) is 9.98 Å². The molecule has 1 saturated carbocycles. The fraction of sp³-hybridized carbons (Fsp3) is 0.286. The van der Waals surface area contributed by atoms with Crippen LogP contribution in [0, 0.1) is 0 Å². The maximum Gasteiger partial charge on any atom is 0.326 e. The third kappa shape index (κ3) is 3.67. The summed E-state index contributed by atoms with van der Waals surface area (Å²) in [5.41, 5.74) is 1.65. The lowest BCUT2D eigenvalue weighted by atomic mass is 10.3. The molecule has 0 unspecified atom stereocenters. The van der Waals surface area contributed by atoms with Crippen molar-refractivity contribution in [1.82, 2.24) is 29.5 Å². The molecule has 3 N–H and O–H groups in total. The number of aromatic hydroxyl groups is 1. The van der Waals surface area contributed by atoms with Gasteiger partial charge in [-0.2, -0.15) is 19.6 Å². The minimum Gasteiger partial charge on any atom is -0.493 e. The van der Waals surface area contributed by atoms with Crippen LogP contribution in [0.1, 0.15) is 31.4 Å². The highest BCUT2D eigenvalue weighted by Crippen LogP contribution is 2.21. The van der Waals surface area contributed by atoms with Gasteiger partial charge in [0.15, 0.2) is 5.65 Å². The molecule has 0 bridgehead atoms. The average Bonchev–Trinajstić information content (AvgIpc) is 3.50. The van der Waals surface area contributed by atoms with Crippen LogP contribution in [0.3, 0.4) is 0 Å². The van der Waals surface area contributed by atoms with Gasteiger partial charge in [-0.25, -0.2) is 9.79 Å². The highest BCUT2D eigenvalue weighted by atomic mass is 16.3. The van der Waals surface area contributed by atoms with Gasteiger partial charge in [0.1, 0.15) is 5.69 Å². The number of nitrogens with one attached hydrogen (secondary N) is 2. The van der Waals surface area contributed by atoms with Crippen LogP contribution in [-0.2, 0) is 0 Å². The fourth-order valence-electron chi connectivity index (χ4n) is 3.86. The second kappa shape index (κ2) is 7.71. The van der Waals surface area contributed by atoms with Crippen molar-refractivity contribution in [2.75, 3.05) is 11.9 Å². The van der Waals surface area contributed by atoms with Crippen molar-refractivity contribution in [2.45, 2.75) is 31.7 Å². The fourth-order valence-corrected chi connectivity index (χ4v) is 3.86. The van der Waals surface area contributed by atoms with Gasteiger partial charge in [-0.05, 0) is 31.1 Å². The van der Waals surface area contributed by atoms with Crippen molar-refractivity contribution in [2.24, 2.45) is 4.99 Å². The van der Waals surface area contributed by atoms with Gasteiger partial charge in [-0.1, -0.05) is 31.0 Å². The van der Waals surface area contributed by atoms with E-state index in [2.05, 4.69) is 20.1 Å². The number of imidazole rings is 1. The maximum atomic E-state index is 11.5. The first-order valence-corrected chi connectivity index (χ1v) is 10.2. The number of H-pyrrole nitrogens is 2. The van der Waals surface area contributed by atoms with Crippen LogP contribution < -0.4 is 21.4 Å². The number of nitrogens with zero attached hydrogens (tertiary/aromatic N) is 6. The first-order chi connectivity index (χ1) is 15.1. The van der Waals surface area contributed by atoms with Gasteiger partial charge in [0.25, 0.3) is 0 Å². The summed E-state index contributed by atoms with van der Waals surface area (Å²) >= 11 is 0. The molecule has 4 aromatic rings. The van der Waals surface area contributed by atoms with Gasteiger partial charge in [0, 0.05) is 18.0 Å². The van der Waals surface area contributed by atoms with Crippen LogP contribution in [0.15, 0.2) is 46.3 Å². The molecule has 10 heteroatoms. The maximum absolute atomic E-state index is 11.5. The molecule has 1 aliphatic carbocycles. The first-order valence-electron chi connectivity index (χ1n) is 10.2. The lowest BCUT2D eigenvalue weighted by Gasteiger charge is -2.18. The van der Waals surface area contributed by atoms with E-state index >= 15 is 0 Å². The lowest BCUT2D eigenvalue weighted by molar-refractivity contribution is 0.454. The molecule has 31 heavy (non-hydrogen) atoms. The highest BCUT2D eigenvalue weighted by molar-refractivity contribution is 5.61. The van der Waals surface area contributed by atoms with Gasteiger partial charge < -0.3 is 15.0 Å². The molecule has 0 atom stereocenters. The molecule has 0 radical (unpaired) electrons. The summed E-state index contributed by atoms with van der Waals surface area (Å²) in [5.74, 6) is 0.329. The third-order valence-electron chi connectivity index (χ3n) is 5.47. The monoisotopic (exact) mass is 418 g/mol. The SMILES string of the molecule is CN(c1ccccc1)c1nc(=NC2CCCC2)nc2c(=Cc3[nH]c(=O)[nH]c3O)cnn12. The van der Waals surface area contributed by atoms with Gasteiger partial charge >= 0.3 is 5.69 Å². The zero-order valence-electron chi connectivity index (χ0n) is 17.0. The van der Waals surface area contributed by atoms with Crippen molar-refractivity contribution < 1.29 is 5.11 Å². The van der Waals surface area contributed by atoms with Gasteiger partial charge in [-0.3, -0.25) is 4.98 Å². The van der Waals surface area contributed by atoms with Gasteiger partial charge in [0.05, 0.1) is 12.2 Å². The molecule has 5 rings (SSSR count). The van der Waals surface area contributed by atoms with Crippen molar-refractivity contribution in [1.29, 1.82) is 0 Å². The first kappa shape index (κ1) is 19.0. The van der Waals surface area contributed by atoms with E-state index in [9.17, 15) is 9.90 Å². The molecule has 1 fully saturated rings. The smallest absolute Gasteiger partial charge is 0.326 e. The molecular weight excluding hydrogens is 396 g/mol. The Morgan fingerprint density at radius 3 is 2.68 bits per heavy atom. The highest BCUT2D eigenvalue weighted by Gasteiger charge is 2.17. The van der Waals surface area contributed by atoms with E-state index < -0.39 is 5.69 Å². The number of rotatable bonds is 4. The molecule has 1 aliphatic rings. The van der Waals surface area contributed by atoms with E-state index in [1.165, 1.54) is 12.8 Å². The van der Waals surface area contributed by atoms with Crippen LogP contribution >= 0.6 is 0 Å². The van der Waals surface area contributed by atoms with Crippen LogP contribution in [0.4, 0.5) is 11.6 Å². The Labute approximate surface area is 176 Å². The topological polar surface area (TPSA) is 128 Å². The Bertz CT molecular complexity index is 1400. The summed E-state index contributed by atoms with van der Waals surface area (Å²) in [6, 6.07) is 10.1. The Balaban J connectivity index is 1.73. The number of hydrogen-bond acceptors (Lipinski definition) is 7. The van der Waals surface area contributed by atoms with Crippen molar-refractivity contribution in [3.63, 3.8) is 0 Å². The van der Waals surface area contributed by atoms with E-state index in [0.717, 1.165) is 18.5 Å². The Kier molecular flexibility index (Phi) is 4.73. The molecule has 0 spiro atoms. The zero-order chi connectivity index (χ0) is 21.4. The summed E-state index contributed by atoms with van der Waals surface area (Å²) in [4.78, 5) is 32.4. The number of aromatic nitrogens is 6. The number of para-hydroxylation sites is 1. The predicted molar refractivity (Wildman–Crippen MR) is 115 cm³/mol. The van der Waals surface area contributed by atoms with Crippen molar-refractivity contribution in [3.8, 4) is 5.88 Å². The van der Waals surface area contributed by atoms with Crippen LogP contribution in [0.5, 0.6) is 5.88 Å². The minimum absolute atomic E-state index is 0.220. The molecule has 0 aliphatic heterocycles. The molecule has 158 valence electrons. The molecular formula is C21H22N8O2.